The highest BCUT2D eigenvalue weighted by Crippen LogP contribution is 2.20. The van der Waals surface area contributed by atoms with Crippen molar-refractivity contribution in [1.29, 1.82) is 0 Å². The minimum atomic E-state index is -3.54. The number of aliphatic hydroxyl groups is 1. The lowest BCUT2D eigenvalue weighted by atomic mass is 9.89. The number of nitrogens with one attached hydrogen (secondary N) is 2. The van der Waals surface area contributed by atoms with Crippen LogP contribution in [0.3, 0.4) is 0 Å². The van der Waals surface area contributed by atoms with Crippen molar-refractivity contribution in [2.45, 2.75) is 33.3 Å². The Morgan fingerprint density at radius 1 is 1.29 bits per heavy atom. The van der Waals surface area contributed by atoms with Crippen molar-refractivity contribution in [1.82, 2.24) is 9.44 Å². The van der Waals surface area contributed by atoms with Gasteiger partial charge in [-0.2, -0.15) is 17.9 Å². The van der Waals surface area contributed by atoms with Crippen LogP contribution in [0.25, 0.3) is 0 Å². The summed E-state index contributed by atoms with van der Waals surface area (Å²) in [5.41, 5.74) is -0.0334. The molecule has 0 heterocycles. The molecule has 0 aliphatic carbocycles. The van der Waals surface area contributed by atoms with Crippen molar-refractivity contribution in [3.8, 4) is 0 Å². The molecule has 7 heteroatoms. The van der Waals surface area contributed by atoms with E-state index in [1.807, 2.05) is 20.8 Å². The van der Waals surface area contributed by atoms with Crippen LogP contribution in [0.1, 0.15) is 27.2 Å². The summed E-state index contributed by atoms with van der Waals surface area (Å²) in [4.78, 5) is 0. The fourth-order valence-corrected chi connectivity index (χ4v) is 2.18. The molecule has 0 aromatic heterocycles. The topological polar surface area (TPSA) is 87.7 Å². The first-order chi connectivity index (χ1) is 7.66. The van der Waals surface area contributed by atoms with Gasteiger partial charge in [0.25, 0.3) is 10.2 Å². The molecule has 0 radical (unpaired) electrons. The molecule has 0 aromatic rings. The third-order valence-electron chi connectivity index (χ3n) is 1.96. The van der Waals surface area contributed by atoms with E-state index in [4.69, 9.17) is 4.74 Å². The molecule has 0 spiro atoms. The van der Waals surface area contributed by atoms with E-state index in [9.17, 15) is 13.5 Å². The predicted molar refractivity (Wildman–Crippen MR) is 66.9 cm³/mol. The predicted octanol–water partition coefficient (Wildman–Crippen LogP) is -0.146. The van der Waals surface area contributed by atoms with Crippen LogP contribution in [0.4, 0.5) is 0 Å². The van der Waals surface area contributed by atoms with E-state index < -0.39 is 16.3 Å². The van der Waals surface area contributed by atoms with Crippen molar-refractivity contribution >= 4 is 10.2 Å². The van der Waals surface area contributed by atoms with Crippen LogP contribution in [0.5, 0.6) is 0 Å². The second kappa shape index (κ2) is 7.27. The molecule has 0 saturated heterocycles. The van der Waals surface area contributed by atoms with Gasteiger partial charge in [0, 0.05) is 20.2 Å². The summed E-state index contributed by atoms with van der Waals surface area (Å²) in [6, 6.07) is 0. The van der Waals surface area contributed by atoms with Crippen LogP contribution in [0.2, 0.25) is 0 Å². The van der Waals surface area contributed by atoms with Gasteiger partial charge >= 0.3 is 0 Å². The van der Waals surface area contributed by atoms with Gasteiger partial charge in [0.05, 0.1) is 12.7 Å². The van der Waals surface area contributed by atoms with Crippen LogP contribution in [0, 0.1) is 5.41 Å². The average Bonchev–Trinajstić information content (AvgIpc) is 2.13. The molecule has 0 fully saturated rings. The SMILES string of the molecule is COCCNS(=O)(=O)NCC(O)CC(C)(C)C. The van der Waals surface area contributed by atoms with E-state index in [2.05, 4.69) is 9.44 Å². The monoisotopic (exact) mass is 268 g/mol. The lowest BCUT2D eigenvalue weighted by Crippen LogP contribution is -2.42. The highest BCUT2D eigenvalue weighted by molar-refractivity contribution is 7.87. The van der Waals surface area contributed by atoms with Gasteiger partial charge in [-0.1, -0.05) is 20.8 Å². The Labute approximate surface area is 104 Å². The fourth-order valence-electron chi connectivity index (χ4n) is 1.31. The largest absolute Gasteiger partial charge is 0.392 e. The Kier molecular flexibility index (Phi) is 7.18. The van der Waals surface area contributed by atoms with Gasteiger partial charge < -0.3 is 9.84 Å². The third kappa shape index (κ3) is 10.7. The maximum atomic E-state index is 11.4. The third-order valence-corrected chi connectivity index (χ3v) is 3.09. The second-order valence-corrected chi connectivity index (χ2v) is 6.74. The number of aliphatic hydroxyl groups excluding tert-OH is 1. The molecule has 1 unspecified atom stereocenters. The molecule has 0 amide bonds. The summed E-state index contributed by atoms with van der Waals surface area (Å²) >= 11 is 0. The van der Waals surface area contributed by atoms with Crippen LogP contribution in [-0.2, 0) is 14.9 Å². The Morgan fingerprint density at radius 2 is 1.88 bits per heavy atom. The normalized spacial score (nSPS) is 14.9. The Bertz CT molecular complexity index is 298. The Hall–Kier alpha value is -0.210. The van der Waals surface area contributed by atoms with Gasteiger partial charge in [0.2, 0.25) is 0 Å². The van der Waals surface area contributed by atoms with Gasteiger partial charge in [-0.25, -0.2) is 0 Å². The summed E-state index contributed by atoms with van der Waals surface area (Å²) in [6.45, 7) is 6.50. The first-order valence-electron chi connectivity index (χ1n) is 5.57. The highest BCUT2D eigenvalue weighted by Gasteiger charge is 2.18. The number of methoxy groups -OCH3 is 1. The van der Waals surface area contributed by atoms with E-state index >= 15 is 0 Å². The molecule has 0 rings (SSSR count). The van der Waals surface area contributed by atoms with Crippen molar-refractivity contribution in [3.63, 3.8) is 0 Å². The number of hydrogen-bond donors (Lipinski definition) is 3. The van der Waals surface area contributed by atoms with Gasteiger partial charge in [-0.15, -0.1) is 0 Å². The summed E-state index contributed by atoms with van der Waals surface area (Å²) < 4.78 is 32.1. The lowest BCUT2D eigenvalue weighted by Gasteiger charge is -2.22. The summed E-state index contributed by atoms with van der Waals surface area (Å²) in [5.74, 6) is 0. The highest BCUT2D eigenvalue weighted by atomic mass is 32.2. The van der Waals surface area contributed by atoms with E-state index in [1.165, 1.54) is 7.11 Å². The van der Waals surface area contributed by atoms with Crippen LogP contribution < -0.4 is 9.44 Å². The first-order valence-corrected chi connectivity index (χ1v) is 7.06. The molecule has 104 valence electrons. The molecule has 0 aliphatic heterocycles. The summed E-state index contributed by atoms with van der Waals surface area (Å²) in [5, 5.41) is 9.64. The van der Waals surface area contributed by atoms with Crippen LogP contribution in [-0.4, -0.2) is 46.4 Å². The van der Waals surface area contributed by atoms with Crippen LogP contribution >= 0.6 is 0 Å². The minimum absolute atomic E-state index is 0.0135. The Balaban J connectivity index is 3.93. The quantitative estimate of drug-likeness (QED) is 0.534. The number of ether oxygens (including phenoxy) is 1. The molecule has 0 aliphatic rings. The van der Waals surface area contributed by atoms with Gasteiger partial charge in [0.1, 0.15) is 0 Å². The number of hydrogen-bond acceptors (Lipinski definition) is 4. The van der Waals surface area contributed by atoms with Crippen molar-refractivity contribution < 1.29 is 18.3 Å². The second-order valence-electron chi connectivity index (χ2n) is 5.16. The maximum absolute atomic E-state index is 11.4. The average molecular weight is 268 g/mol. The molecular formula is C10H24N2O4S. The Morgan fingerprint density at radius 3 is 2.35 bits per heavy atom. The minimum Gasteiger partial charge on any atom is -0.392 e. The van der Waals surface area contributed by atoms with Crippen LogP contribution in [0.15, 0.2) is 0 Å². The molecule has 1 atom stereocenters. The fraction of sp³-hybridized carbons (Fsp3) is 1.00. The molecule has 6 nitrogen and oxygen atoms in total. The smallest absolute Gasteiger partial charge is 0.277 e. The standard InChI is InChI=1S/C10H24N2O4S/c1-10(2,3)7-9(13)8-12-17(14,15)11-5-6-16-4/h9,11-13H,5-8H2,1-4H3. The molecule has 3 N–H and O–H groups in total. The zero-order valence-electron chi connectivity index (χ0n) is 11.0. The van der Waals surface area contributed by atoms with E-state index in [1.54, 1.807) is 0 Å². The molecule has 0 aromatic carbocycles. The number of rotatable bonds is 8. The van der Waals surface area contributed by atoms with Gasteiger partial charge in [0.15, 0.2) is 0 Å². The van der Waals surface area contributed by atoms with Crippen molar-refractivity contribution in [3.05, 3.63) is 0 Å². The van der Waals surface area contributed by atoms with Crippen molar-refractivity contribution in [2.24, 2.45) is 5.41 Å². The molecule has 17 heavy (non-hydrogen) atoms. The summed E-state index contributed by atoms with van der Waals surface area (Å²) in [6.07, 6.45) is -0.151. The van der Waals surface area contributed by atoms with E-state index in [0.29, 0.717) is 13.0 Å². The van der Waals surface area contributed by atoms with Gasteiger partial charge in [-0.3, -0.25) is 0 Å². The van der Waals surface area contributed by atoms with E-state index in [0.717, 1.165) is 0 Å². The summed E-state index contributed by atoms with van der Waals surface area (Å²) in [7, 11) is -2.05. The molecular weight excluding hydrogens is 244 g/mol. The maximum Gasteiger partial charge on any atom is 0.277 e. The first kappa shape index (κ1) is 16.8. The lowest BCUT2D eigenvalue weighted by molar-refractivity contribution is 0.125. The van der Waals surface area contributed by atoms with Crippen molar-refractivity contribution in [2.75, 3.05) is 26.8 Å². The van der Waals surface area contributed by atoms with E-state index in [-0.39, 0.29) is 18.5 Å². The van der Waals surface area contributed by atoms with Gasteiger partial charge in [-0.05, 0) is 11.8 Å². The zero-order valence-corrected chi connectivity index (χ0v) is 11.8. The molecule has 0 bridgehead atoms. The molecule has 0 saturated carbocycles. The zero-order chi connectivity index (χ0) is 13.5.